The van der Waals surface area contributed by atoms with Gasteiger partial charge in [-0.3, -0.25) is 14.6 Å². The molecule has 3 heterocycles. The molecular formula is C20H25N5O2S. The van der Waals surface area contributed by atoms with Gasteiger partial charge >= 0.3 is 0 Å². The van der Waals surface area contributed by atoms with E-state index in [1.165, 1.54) is 4.88 Å². The first-order valence-corrected chi connectivity index (χ1v) is 10.6. The molecule has 148 valence electrons. The number of anilines is 1. The van der Waals surface area contributed by atoms with E-state index in [-0.39, 0.29) is 17.7 Å². The fraction of sp³-hybridized carbons (Fsp3) is 0.500. The highest BCUT2D eigenvalue weighted by Gasteiger charge is 2.29. The molecule has 7 nitrogen and oxygen atoms in total. The molecule has 8 heteroatoms. The fourth-order valence-electron chi connectivity index (χ4n) is 3.77. The first kappa shape index (κ1) is 18.9. The van der Waals surface area contributed by atoms with Crippen LogP contribution >= 0.6 is 11.3 Å². The van der Waals surface area contributed by atoms with Gasteiger partial charge in [-0.25, -0.2) is 4.98 Å². The summed E-state index contributed by atoms with van der Waals surface area (Å²) < 4.78 is 0. The van der Waals surface area contributed by atoms with Crippen molar-refractivity contribution in [1.82, 2.24) is 20.2 Å². The van der Waals surface area contributed by atoms with E-state index in [1.54, 1.807) is 30.7 Å². The summed E-state index contributed by atoms with van der Waals surface area (Å²) in [6.45, 7) is 5.28. The number of rotatable bonds is 4. The van der Waals surface area contributed by atoms with Crippen molar-refractivity contribution >= 4 is 28.3 Å². The Labute approximate surface area is 168 Å². The normalized spacial score (nSPS) is 19.2. The van der Waals surface area contributed by atoms with Gasteiger partial charge in [-0.15, -0.1) is 11.3 Å². The summed E-state index contributed by atoms with van der Waals surface area (Å²) in [7, 11) is 0. The lowest BCUT2D eigenvalue weighted by atomic mass is 9.90. The maximum atomic E-state index is 12.6. The van der Waals surface area contributed by atoms with Crippen LogP contribution in [0.2, 0.25) is 0 Å². The van der Waals surface area contributed by atoms with Gasteiger partial charge in [0.15, 0.2) is 5.13 Å². The first-order chi connectivity index (χ1) is 13.6. The summed E-state index contributed by atoms with van der Waals surface area (Å²) in [6, 6.07) is 3.84. The van der Waals surface area contributed by atoms with Gasteiger partial charge < -0.3 is 15.1 Å². The summed E-state index contributed by atoms with van der Waals surface area (Å²) in [5.41, 5.74) is 2.16. The highest BCUT2D eigenvalue weighted by molar-refractivity contribution is 7.15. The Kier molecular flexibility index (Phi) is 5.57. The average molecular weight is 400 g/mol. The smallest absolute Gasteiger partial charge is 0.223 e. The Morgan fingerprint density at radius 2 is 2.11 bits per heavy atom. The summed E-state index contributed by atoms with van der Waals surface area (Å²) in [6.07, 6.45) is 5.96. The lowest BCUT2D eigenvalue weighted by molar-refractivity contribution is -0.129. The van der Waals surface area contributed by atoms with Crippen molar-refractivity contribution < 1.29 is 9.59 Å². The molecule has 0 radical (unpaired) electrons. The molecule has 1 aliphatic heterocycles. The zero-order valence-corrected chi connectivity index (χ0v) is 16.9. The molecule has 1 saturated heterocycles. The third-order valence-electron chi connectivity index (χ3n) is 5.48. The van der Waals surface area contributed by atoms with Crippen LogP contribution in [0.1, 0.15) is 29.5 Å². The topological polar surface area (TPSA) is 78.4 Å². The quantitative estimate of drug-likeness (QED) is 0.845. The van der Waals surface area contributed by atoms with Crippen molar-refractivity contribution in [3.63, 3.8) is 0 Å². The summed E-state index contributed by atoms with van der Waals surface area (Å²) in [5.74, 6) is 0.254. The number of hydrogen-bond acceptors (Lipinski definition) is 6. The van der Waals surface area contributed by atoms with E-state index in [0.717, 1.165) is 61.8 Å². The first-order valence-electron chi connectivity index (χ1n) is 9.76. The summed E-state index contributed by atoms with van der Waals surface area (Å²) in [5, 5.41) is 4.07. The number of hydrogen-bond donors (Lipinski definition) is 1. The van der Waals surface area contributed by atoms with Crippen LogP contribution in [-0.2, 0) is 29.0 Å². The zero-order chi connectivity index (χ0) is 19.5. The molecule has 28 heavy (non-hydrogen) atoms. The standard InChI is InChI=1S/C20H25N5O2S/c1-14(26)24-7-9-25(10-8-24)20-23-17-5-4-16(11-18(17)28-20)19(27)22-13-15-3-2-6-21-12-15/h2-3,6,12,16H,4-5,7-11,13H2,1H3,(H,22,27). The number of piperazine rings is 1. The van der Waals surface area contributed by atoms with E-state index in [9.17, 15) is 9.59 Å². The second-order valence-electron chi connectivity index (χ2n) is 7.38. The maximum Gasteiger partial charge on any atom is 0.223 e. The number of carbonyl (C=O) groups excluding carboxylic acids is 2. The molecule has 2 aromatic rings. The van der Waals surface area contributed by atoms with Crippen LogP contribution in [-0.4, -0.2) is 52.9 Å². The second-order valence-corrected chi connectivity index (χ2v) is 8.44. The highest BCUT2D eigenvalue weighted by Crippen LogP contribution is 2.34. The minimum Gasteiger partial charge on any atom is -0.352 e. The lowest BCUT2D eigenvalue weighted by Gasteiger charge is -2.33. The van der Waals surface area contributed by atoms with Gasteiger partial charge in [0.05, 0.1) is 5.69 Å². The van der Waals surface area contributed by atoms with E-state index >= 15 is 0 Å². The maximum absolute atomic E-state index is 12.6. The predicted molar refractivity (Wildman–Crippen MR) is 108 cm³/mol. The highest BCUT2D eigenvalue weighted by atomic mass is 32.1. The van der Waals surface area contributed by atoms with Crippen LogP contribution in [0.5, 0.6) is 0 Å². The van der Waals surface area contributed by atoms with Crippen LogP contribution in [0.25, 0.3) is 0 Å². The largest absolute Gasteiger partial charge is 0.352 e. The molecule has 2 amide bonds. The van der Waals surface area contributed by atoms with Gasteiger partial charge in [-0.2, -0.15) is 0 Å². The Morgan fingerprint density at radius 3 is 2.82 bits per heavy atom. The van der Waals surface area contributed by atoms with Crippen LogP contribution in [0.4, 0.5) is 5.13 Å². The van der Waals surface area contributed by atoms with Gasteiger partial charge in [0, 0.05) is 62.8 Å². The van der Waals surface area contributed by atoms with Crippen molar-refractivity contribution in [2.24, 2.45) is 5.92 Å². The summed E-state index contributed by atoms with van der Waals surface area (Å²) >= 11 is 1.71. The Balaban J connectivity index is 1.34. The molecule has 1 atom stereocenters. The third kappa shape index (κ3) is 4.16. The monoisotopic (exact) mass is 399 g/mol. The Hall–Kier alpha value is -2.48. The Bertz CT molecular complexity index is 846. The van der Waals surface area contributed by atoms with E-state index in [2.05, 4.69) is 15.2 Å². The van der Waals surface area contributed by atoms with Crippen LogP contribution in [0, 0.1) is 5.92 Å². The molecule has 4 rings (SSSR count). The third-order valence-corrected chi connectivity index (χ3v) is 6.66. The van der Waals surface area contributed by atoms with Crippen molar-refractivity contribution in [3.05, 3.63) is 40.7 Å². The molecule has 2 aliphatic rings. The number of nitrogens with one attached hydrogen (secondary N) is 1. The molecule has 2 aromatic heterocycles. The lowest BCUT2D eigenvalue weighted by Crippen LogP contribution is -2.48. The molecule has 1 N–H and O–H groups in total. The van der Waals surface area contributed by atoms with Crippen molar-refractivity contribution in [3.8, 4) is 0 Å². The summed E-state index contributed by atoms with van der Waals surface area (Å²) in [4.78, 5) is 38.4. The predicted octanol–water partition coefficient (Wildman–Crippen LogP) is 1.63. The number of nitrogens with zero attached hydrogens (tertiary/aromatic N) is 4. The van der Waals surface area contributed by atoms with Crippen LogP contribution in [0.3, 0.4) is 0 Å². The average Bonchev–Trinajstić information content (AvgIpc) is 3.16. The minimum atomic E-state index is 0.00651. The van der Waals surface area contributed by atoms with Gasteiger partial charge in [0.2, 0.25) is 11.8 Å². The van der Waals surface area contributed by atoms with Crippen molar-refractivity contribution in [2.45, 2.75) is 32.7 Å². The number of thiazole rings is 1. The number of aryl methyl sites for hydroxylation is 1. The SMILES string of the molecule is CC(=O)N1CCN(c2nc3c(s2)CC(C(=O)NCc2cccnc2)CC3)CC1. The van der Waals surface area contributed by atoms with E-state index in [4.69, 9.17) is 4.98 Å². The van der Waals surface area contributed by atoms with E-state index < -0.39 is 0 Å². The number of pyridine rings is 1. The van der Waals surface area contributed by atoms with E-state index in [1.807, 2.05) is 17.0 Å². The number of carbonyl (C=O) groups is 2. The number of amides is 2. The molecule has 0 spiro atoms. The van der Waals surface area contributed by atoms with E-state index in [0.29, 0.717) is 6.54 Å². The number of aromatic nitrogens is 2. The zero-order valence-electron chi connectivity index (χ0n) is 16.1. The molecule has 0 saturated carbocycles. The van der Waals surface area contributed by atoms with Crippen molar-refractivity contribution in [2.75, 3.05) is 31.1 Å². The molecule has 1 aliphatic carbocycles. The van der Waals surface area contributed by atoms with Gasteiger partial charge in [0.1, 0.15) is 0 Å². The van der Waals surface area contributed by atoms with Crippen LogP contribution in [0.15, 0.2) is 24.5 Å². The minimum absolute atomic E-state index is 0.00651. The van der Waals surface area contributed by atoms with Crippen molar-refractivity contribution in [1.29, 1.82) is 0 Å². The Morgan fingerprint density at radius 1 is 1.29 bits per heavy atom. The molecule has 0 aromatic carbocycles. The molecule has 0 bridgehead atoms. The van der Waals surface area contributed by atoms with Gasteiger partial charge in [-0.1, -0.05) is 6.07 Å². The number of fused-ring (bicyclic) bond motifs is 1. The van der Waals surface area contributed by atoms with Crippen LogP contribution < -0.4 is 10.2 Å². The molecule has 1 unspecified atom stereocenters. The van der Waals surface area contributed by atoms with Gasteiger partial charge in [-0.05, 0) is 30.9 Å². The second kappa shape index (κ2) is 8.26. The fourth-order valence-corrected chi connectivity index (χ4v) is 5.01. The molecular weight excluding hydrogens is 374 g/mol. The molecule has 1 fully saturated rings. The van der Waals surface area contributed by atoms with Gasteiger partial charge in [0.25, 0.3) is 0 Å².